The van der Waals surface area contributed by atoms with E-state index in [2.05, 4.69) is 5.32 Å². The molecule has 9 heteroatoms. The molecule has 0 atom stereocenters. The van der Waals surface area contributed by atoms with Gasteiger partial charge in [0, 0.05) is 17.0 Å². The van der Waals surface area contributed by atoms with E-state index in [1.807, 2.05) is 0 Å². The second kappa shape index (κ2) is 8.30. The monoisotopic (exact) mass is 403 g/mol. The Kier molecular flexibility index (Phi) is 5.84. The van der Waals surface area contributed by atoms with Crippen molar-refractivity contribution in [1.82, 2.24) is 4.90 Å². The molecule has 2 heterocycles. The Labute approximate surface area is 166 Å². The van der Waals surface area contributed by atoms with E-state index in [1.165, 1.54) is 11.3 Å². The molecule has 1 aromatic heterocycles. The molecule has 3 N–H and O–H groups in total. The Balaban J connectivity index is 1.84. The van der Waals surface area contributed by atoms with Crippen LogP contribution in [0, 0.1) is 0 Å². The van der Waals surface area contributed by atoms with Gasteiger partial charge in [-0.1, -0.05) is 0 Å². The number of hydrogen-bond acceptors (Lipinski definition) is 6. The van der Waals surface area contributed by atoms with Gasteiger partial charge in [0.15, 0.2) is 0 Å². The van der Waals surface area contributed by atoms with Gasteiger partial charge in [-0.15, -0.1) is 11.3 Å². The van der Waals surface area contributed by atoms with Crippen LogP contribution in [-0.4, -0.2) is 43.1 Å². The van der Waals surface area contributed by atoms with Crippen LogP contribution in [0.15, 0.2) is 24.3 Å². The van der Waals surface area contributed by atoms with E-state index < -0.39 is 12.0 Å². The van der Waals surface area contributed by atoms with Crippen LogP contribution in [0.4, 0.5) is 9.80 Å². The number of amides is 3. The lowest BCUT2D eigenvalue weighted by atomic mass is 10.0. The first-order chi connectivity index (χ1) is 13.4. The van der Waals surface area contributed by atoms with E-state index in [4.69, 9.17) is 15.2 Å². The standard InChI is InChI=1S/C19H21N3O5S/c1-3-27-19(25)22-9-8-13-14(10-22)28-18(15(13)16(20)23)21-17(24)11-4-6-12(26-2)7-5-11/h4-7H,3,8-10H2,1-2H3,(H2,20,23)(H,21,24). The number of carbonyl (C=O) groups is 3. The van der Waals surface area contributed by atoms with E-state index >= 15 is 0 Å². The molecule has 3 rings (SSSR count). The Bertz CT molecular complexity index is 907. The smallest absolute Gasteiger partial charge is 0.410 e. The van der Waals surface area contributed by atoms with E-state index in [9.17, 15) is 14.4 Å². The Morgan fingerprint density at radius 1 is 1.25 bits per heavy atom. The number of nitrogens with two attached hydrogens (primary N) is 1. The summed E-state index contributed by atoms with van der Waals surface area (Å²) in [5, 5.41) is 3.17. The number of nitrogens with one attached hydrogen (secondary N) is 1. The number of fused-ring (bicyclic) bond motifs is 1. The third kappa shape index (κ3) is 3.94. The minimum absolute atomic E-state index is 0.294. The number of methoxy groups -OCH3 is 1. The number of rotatable bonds is 5. The molecule has 0 saturated carbocycles. The second-order valence-electron chi connectivity index (χ2n) is 6.13. The van der Waals surface area contributed by atoms with Gasteiger partial charge in [0.2, 0.25) is 0 Å². The predicted molar refractivity (Wildman–Crippen MR) is 105 cm³/mol. The van der Waals surface area contributed by atoms with Crippen LogP contribution in [0.5, 0.6) is 5.75 Å². The highest BCUT2D eigenvalue weighted by molar-refractivity contribution is 7.17. The summed E-state index contributed by atoms with van der Waals surface area (Å²) in [4.78, 5) is 39.0. The summed E-state index contributed by atoms with van der Waals surface area (Å²) < 4.78 is 10.1. The molecule has 1 aromatic carbocycles. The van der Waals surface area contributed by atoms with Gasteiger partial charge < -0.3 is 25.4 Å². The number of primary amides is 1. The van der Waals surface area contributed by atoms with Crippen molar-refractivity contribution in [1.29, 1.82) is 0 Å². The van der Waals surface area contributed by atoms with Gasteiger partial charge >= 0.3 is 6.09 Å². The zero-order valence-electron chi connectivity index (χ0n) is 15.6. The quantitative estimate of drug-likeness (QED) is 0.797. The van der Waals surface area contributed by atoms with Crippen LogP contribution in [0.1, 0.15) is 38.1 Å². The molecule has 3 amide bonds. The van der Waals surface area contributed by atoms with Gasteiger partial charge in [-0.25, -0.2) is 4.79 Å². The summed E-state index contributed by atoms with van der Waals surface area (Å²) in [6.07, 6.45) is 0.0763. The fraction of sp³-hybridized carbons (Fsp3) is 0.316. The summed E-state index contributed by atoms with van der Waals surface area (Å²) in [7, 11) is 1.55. The molecule has 0 fully saturated rings. The second-order valence-corrected chi connectivity index (χ2v) is 7.23. The summed E-state index contributed by atoms with van der Waals surface area (Å²) >= 11 is 1.25. The van der Waals surface area contributed by atoms with E-state index in [0.717, 1.165) is 10.4 Å². The molecule has 0 unspecified atom stereocenters. The molecule has 0 saturated heterocycles. The van der Waals surface area contributed by atoms with Gasteiger partial charge in [-0.05, 0) is 43.2 Å². The maximum absolute atomic E-state index is 12.6. The Hall–Kier alpha value is -3.07. The van der Waals surface area contributed by atoms with Crippen molar-refractivity contribution >= 4 is 34.2 Å². The van der Waals surface area contributed by atoms with Crippen LogP contribution in [0.2, 0.25) is 0 Å². The zero-order valence-corrected chi connectivity index (χ0v) is 16.4. The fourth-order valence-electron chi connectivity index (χ4n) is 3.04. The molecule has 0 radical (unpaired) electrons. The third-order valence-electron chi connectivity index (χ3n) is 4.41. The number of benzene rings is 1. The van der Waals surface area contributed by atoms with Gasteiger partial charge in [0.1, 0.15) is 10.8 Å². The maximum Gasteiger partial charge on any atom is 0.410 e. The van der Waals surface area contributed by atoms with Gasteiger partial charge in [-0.2, -0.15) is 0 Å². The van der Waals surface area contributed by atoms with E-state index in [1.54, 1.807) is 43.2 Å². The third-order valence-corrected chi connectivity index (χ3v) is 5.54. The highest BCUT2D eigenvalue weighted by atomic mass is 32.1. The molecule has 2 aromatic rings. The highest BCUT2D eigenvalue weighted by Crippen LogP contribution is 2.37. The molecular weight excluding hydrogens is 382 g/mol. The topological polar surface area (TPSA) is 111 Å². The van der Waals surface area contributed by atoms with Crippen molar-refractivity contribution in [2.24, 2.45) is 5.73 Å². The largest absolute Gasteiger partial charge is 0.497 e. The Morgan fingerprint density at radius 2 is 1.96 bits per heavy atom. The van der Waals surface area contributed by atoms with Gasteiger partial charge in [-0.3, -0.25) is 9.59 Å². The minimum Gasteiger partial charge on any atom is -0.497 e. The first-order valence-corrected chi connectivity index (χ1v) is 9.57. The molecule has 0 bridgehead atoms. The van der Waals surface area contributed by atoms with E-state index in [0.29, 0.717) is 48.0 Å². The lowest BCUT2D eigenvalue weighted by Crippen LogP contribution is -2.36. The lowest BCUT2D eigenvalue weighted by molar-refractivity contribution is 0.0997. The first-order valence-electron chi connectivity index (χ1n) is 8.76. The Morgan fingerprint density at radius 3 is 2.57 bits per heavy atom. The van der Waals surface area contributed by atoms with Crippen molar-refractivity contribution in [2.75, 3.05) is 25.6 Å². The summed E-state index contributed by atoms with van der Waals surface area (Å²) in [6.45, 7) is 2.78. The van der Waals surface area contributed by atoms with Crippen molar-refractivity contribution in [3.8, 4) is 5.75 Å². The molecule has 148 valence electrons. The summed E-state index contributed by atoms with van der Waals surface area (Å²) in [5.41, 5.74) is 7.09. The minimum atomic E-state index is -0.605. The lowest BCUT2D eigenvalue weighted by Gasteiger charge is -2.26. The molecule has 1 aliphatic rings. The molecule has 1 aliphatic heterocycles. The number of anilines is 1. The normalized spacial score (nSPS) is 12.9. The molecule has 0 spiro atoms. The van der Waals surface area contributed by atoms with Crippen molar-refractivity contribution in [2.45, 2.75) is 19.9 Å². The number of nitrogens with zero attached hydrogens (tertiary/aromatic N) is 1. The van der Waals surface area contributed by atoms with Crippen molar-refractivity contribution in [3.05, 3.63) is 45.8 Å². The van der Waals surface area contributed by atoms with Crippen LogP contribution >= 0.6 is 11.3 Å². The highest BCUT2D eigenvalue weighted by Gasteiger charge is 2.30. The molecule has 0 aliphatic carbocycles. The number of carbonyl (C=O) groups excluding carboxylic acids is 3. The average Bonchev–Trinajstić information content (AvgIpc) is 3.05. The number of thiophene rings is 1. The molecule has 28 heavy (non-hydrogen) atoms. The average molecular weight is 403 g/mol. The van der Waals surface area contributed by atoms with Crippen LogP contribution in [0.3, 0.4) is 0 Å². The first kappa shape index (κ1) is 19.7. The fourth-order valence-corrected chi connectivity index (χ4v) is 4.30. The van der Waals surface area contributed by atoms with Gasteiger partial charge in [0.25, 0.3) is 11.8 Å². The number of hydrogen-bond donors (Lipinski definition) is 2. The SMILES string of the molecule is CCOC(=O)N1CCc2c(sc(NC(=O)c3ccc(OC)cc3)c2C(N)=O)C1. The molecule has 8 nitrogen and oxygen atoms in total. The van der Waals surface area contributed by atoms with E-state index in [-0.39, 0.29) is 5.91 Å². The van der Waals surface area contributed by atoms with Gasteiger partial charge in [0.05, 0.1) is 25.8 Å². The van der Waals surface area contributed by atoms with Crippen molar-refractivity contribution in [3.63, 3.8) is 0 Å². The number of ether oxygens (including phenoxy) is 2. The van der Waals surface area contributed by atoms with Crippen LogP contribution < -0.4 is 15.8 Å². The zero-order chi connectivity index (χ0) is 20.3. The molecular formula is C19H21N3O5S. The van der Waals surface area contributed by atoms with Crippen molar-refractivity contribution < 1.29 is 23.9 Å². The summed E-state index contributed by atoms with van der Waals surface area (Å²) in [5.74, 6) is -0.321. The summed E-state index contributed by atoms with van der Waals surface area (Å²) in [6, 6.07) is 6.63. The van der Waals surface area contributed by atoms with Crippen LogP contribution in [-0.2, 0) is 17.7 Å². The predicted octanol–water partition coefficient (Wildman–Crippen LogP) is 2.62. The van der Waals surface area contributed by atoms with Crippen LogP contribution in [0.25, 0.3) is 0 Å². The maximum atomic E-state index is 12.6.